The second kappa shape index (κ2) is 6.59. The Morgan fingerprint density at radius 1 is 1.41 bits per heavy atom. The number of rotatable bonds is 6. The Kier molecular flexibility index (Phi) is 5.41. The van der Waals surface area contributed by atoms with E-state index in [1.165, 1.54) is 7.11 Å². The van der Waals surface area contributed by atoms with Gasteiger partial charge in [0.15, 0.2) is 0 Å². The molecular weight excluding hydrogens is 244 g/mol. The van der Waals surface area contributed by atoms with Crippen molar-refractivity contribution in [2.45, 2.75) is 18.4 Å². The summed E-state index contributed by atoms with van der Waals surface area (Å²) in [6.45, 7) is 0.122. The quantitative estimate of drug-likeness (QED) is 0.818. The molecule has 0 radical (unpaired) electrons. The van der Waals surface area contributed by atoms with E-state index in [-0.39, 0.29) is 13.0 Å². The summed E-state index contributed by atoms with van der Waals surface area (Å²) in [5.74, 6) is -1.72. The van der Waals surface area contributed by atoms with E-state index in [4.69, 9.17) is 21.4 Å². The molecule has 2 unspecified atom stereocenters. The molecule has 0 fully saturated rings. The third kappa shape index (κ3) is 4.34. The highest BCUT2D eigenvalue weighted by Gasteiger charge is 2.23. The fraction of sp³-hybridized carbons (Fsp3) is 0.417. The zero-order chi connectivity index (χ0) is 12.8. The number of methoxy groups -OCH3 is 1. The van der Waals surface area contributed by atoms with Crippen molar-refractivity contribution in [1.29, 1.82) is 0 Å². The molecule has 0 amide bonds. The molecule has 0 saturated heterocycles. The van der Waals surface area contributed by atoms with E-state index >= 15 is 0 Å². The van der Waals surface area contributed by atoms with Crippen molar-refractivity contribution in [3.05, 3.63) is 34.9 Å². The number of hydrogen-bond donors (Lipinski definition) is 2. The third-order valence-corrected chi connectivity index (χ3v) is 2.69. The Morgan fingerprint density at radius 3 is 2.47 bits per heavy atom. The van der Waals surface area contributed by atoms with E-state index in [1.54, 1.807) is 24.3 Å². The van der Waals surface area contributed by atoms with Gasteiger partial charge in [-0.05, 0) is 24.1 Å². The first-order chi connectivity index (χ1) is 8.04. The van der Waals surface area contributed by atoms with Gasteiger partial charge in [-0.3, -0.25) is 4.79 Å². The van der Waals surface area contributed by atoms with E-state index in [2.05, 4.69) is 0 Å². The van der Waals surface area contributed by atoms with Crippen molar-refractivity contribution >= 4 is 17.6 Å². The fourth-order valence-electron chi connectivity index (χ4n) is 1.61. The topological polar surface area (TPSA) is 66.8 Å². The maximum Gasteiger partial charge on any atom is 0.311 e. The number of aliphatic hydroxyl groups excluding tert-OH is 1. The van der Waals surface area contributed by atoms with Crippen molar-refractivity contribution < 1.29 is 19.7 Å². The molecule has 0 aromatic heterocycles. The van der Waals surface area contributed by atoms with Gasteiger partial charge >= 0.3 is 5.97 Å². The average Bonchev–Trinajstić information content (AvgIpc) is 2.27. The highest BCUT2D eigenvalue weighted by Crippen LogP contribution is 2.23. The van der Waals surface area contributed by atoms with Gasteiger partial charge in [0.2, 0.25) is 0 Å². The predicted octanol–water partition coefficient (Wildman–Crippen LogP) is 1.91. The van der Waals surface area contributed by atoms with Gasteiger partial charge in [0.1, 0.15) is 0 Å². The van der Waals surface area contributed by atoms with Crippen LogP contribution in [-0.4, -0.2) is 36.0 Å². The van der Waals surface area contributed by atoms with E-state index in [1.807, 2.05) is 0 Å². The van der Waals surface area contributed by atoms with Crippen molar-refractivity contribution in [2.24, 2.45) is 0 Å². The monoisotopic (exact) mass is 258 g/mol. The number of carboxylic acids is 1. The normalized spacial score (nSPS) is 14.3. The zero-order valence-electron chi connectivity index (χ0n) is 9.47. The van der Waals surface area contributed by atoms with Crippen LogP contribution in [-0.2, 0) is 9.53 Å². The number of ether oxygens (including phenoxy) is 1. The number of halogens is 1. The van der Waals surface area contributed by atoms with Gasteiger partial charge < -0.3 is 14.9 Å². The standard InChI is InChI=1S/C12H15ClO4/c1-17-7-10(14)6-11(12(15)16)8-2-4-9(13)5-3-8/h2-5,10-11,14H,6-7H2,1H3,(H,15,16). The van der Waals surface area contributed by atoms with Crippen molar-refractivity contribution in [3.8, 4) is 0 Å². The van der Waals surface area contributed by atoms with Crippen LogP contribution in [0.5, 0.6) is 0 Å². The van der Waals surface area contributed by atoms with Crippen LogP contribution in [0.15, 0.2) is 24.3 Å². The van der Waals surface area contributed by atoms with Crippen LogP contribution in [0.1, 0.15) is 17.9 Å². The summed E-state index contributed by atoms with van der Waals surface area (Å²) in [5.41, 5.74) is 0.622. The molecule has 1 rings (SSSR count). The summed E-state index contributed by atoms with van der Waals surface area (Å²) in [7, 11) is 1.46. The van der Waals surface area contributed by atoms with Crippen LogP contribution in [0, 0.1) is 0 Å². The first kappa shape index (κ1) is 14.0. The third-order valence-electron chi connectivity index (χ3n) is 2.44. The summed E-state index contributed by atoms with van der Waals surface area (Å²) >= 11 is 5.73. The van der Waals surface area contributed by atoms with Gasteiger partial charge in [0.05, 0.1) is 18.6 Å². The maximum atomic E-state index is 11.1. The number of aliphatic hydroxyl groups is 1. The van der Waals surface area contributed by atoms with Crippen LogP contribution in [0.3, 0.4) is 0 Å². The average molecular weight is 259 g/mol. The van der Waals surface area contributed by atoms with Crippen LogP contribution in [0.4, 0.5) is 0 Å². The molecule has 0 aliphatic heterocycles. The minimum atomic E-state index is -0.970. The molecule has 0 bridgehead atoms. The van der Waals surface area contributed by atoms with Gasteiger partial charge in [-0.25, -0.2) is 0 Å². The molecule has 17 heavy (non-hydrogen) atoms. The highest BCUT2D eigenvalue weighted by atomic mass is 35.5. The Hall–Kier alpha value is -1.10. The van der Waals surface area contributed by atoms with Gasteiger partial charge in [0, 0.05) is 12.1 Å². The largest absolute Gasteiger partial charge is 0.481 e. The summed E-state index contributed by atoms with van der Waals surface area (Å²) in [6, 6.07) is 6.58. The zero-order valence-corrected chi connectivity index (χ0v) is 10.2. The molecule has 1 aromatic rings. The lowest BCUT2D eigenvalue weighted by Gasteiger charge is -2.16. The first-order valence-electron chi connectivity index (χ1n) is 5.20. The van der Waals surface area contributed by atoms with Gasteiger partial charge in [-0.15, -0.1) is 0 Å². The fourth-order valence-corrected chi connectivity index (χ4v) is 1.73. The molecule has 94 valence electrons. The Balaban J connectivity index is 2.79. The number of hydrogen-bond acceptors (Lipinski definition) is 3. The number of benzene rings is 1. The predicted molar refractivity (Wildman–Crippen MR) is 64.3 cm³/mol. The Morgan fingerprint density at radius 2 is 2.00 bits per heavy atom. The molecular formula is C12H15ClO4. The molecule has 0 saturated carbocycles. The molecule has 0 spiro atoms. The number of carboxylic acid groups (broad SMARTS) is 1. The minimum absolute atomic E-state index is 0.116. The summed E-state index contributed by atoms with van der Waals surface area (Å²) < 4.78 is 4.78. The summed E-state index contributed by atoms with van der Waals surface area (Å²) in [6.07, 6.45) is -0.679. The first-order valence-corrected chi connectivity index (χ1v) is 5.57. The van der Waals surface area contributed by atoms with Gasteiger partial charge in [0.25, 0.3) is 0 Å². The van der Waals surface area contributed by atoms with Gasteiger partial charge in [-0.2, -0.15) is 0 Å². The maximum absolute atomic E-state index is 11.1. The molecule has 0 aliphatic carbocycles. The number of aliphatic carboxylic acids is 1. The van der Waals surface area contributed by atoms with E-state index in [0.717, 1.165) is 0 Å². The van der Waals surface area contributed by atoms with E-state index < -0.39 is 18.0 Å². The minimum Gasteiger partial charge on any atom is -0.481 e. The van der Waals surface area contributed by atoms with Crippen molar-refractivity contribution in [3.63, 3.8) is 0 Å². The van der Waals surface area contributed by atoms with Crippen LogP contribution in [0.2, 0.25) is 5.02 Å². The van der Waals surface area contributed by atoms with Crippen molar-refractivity contribution in [1.82, 2.24) is 0 Å². The van der Waals surface area contributed by atoms with E-state index in [9.17, 15) is 9.90 Å². The molecule has 5 heteroatoms. The Bertz CT molecular complexity index is 363. The summed E-state index contributed by atoms with van der Waals surface area (Å²) in [5, 5.41) is 19.2. The molecule has 2 N–H and O–H groups in total. The molecule has 2 atom stereocenters. The second-order valence-corrected chi connectivity index (χ2v) is 4.22. The second-order valence-electron chi connectivity index (χ2n) is 3.79. The number of carbonyl (C=O) groups is 1. The summed E-state index contributed by atoms with van der Waals surface area (Å²) in [4.78, 5) is 11.1. The molecule has 0 aliphatic rings. The van der Waals surface area contributed by atoms with Crippen molar-refractivity contribution in [2.75, 3.05) is 13.7 Å². The van der Waals surface area contributed by atoms with Crippen LogP contribution >= 0.6 is 11.6 Å². The lowest BCUT2D eigenvalue weighted by molar-refractivity contribution is -0.139. The van der Waals surface area contributed by atoms with Crippen LogP contribution in [0.25, 0.3) is 0 Å². The van der Waals surface area contributed by atoms with Gasteiger partial charge in [-0.1, -0.05) is 23.7 Å². The SMILES string of the molecule is COCC(O)CC(C(=O)O)c1ccc(Cl)cc1. The highest BCUT2D eigenvalue weighted by molar-refractivity contribution is 6.30. The Labute approximate surface area is 105 Å². The lowest BCUT2D eigenvalue weighted by atomic mass is 9.93. The molecule has 0 heterocycles. The van der Waals surface area contributed by atoms with E-state index in [0.29, 0.717) is 10.6 Å². The molecule has 1 aromatic carbocycles. The van der Waals surface area contributed by atoms with Crippen LogP contribution < -0.4 is 0 Å². The smallest absolute Gasteiger partial charge is 0.311 e. The molecule has 4 nitrogen and oxygen atoms in total. The lowest BCUT2D eigenvalue weighted by Crippen LogP contribution is -2.22.